The zero-order chi connectivity index (χ0) is 10.6. The Hall–Kier alpha value is -0.500. The Morgan fingerprint density at radius 1 is 1.21 bits per heavy atom. The molecule has 0 saturated carbocycles. The molecule has 0 heterocycles. The number of hydrogen-bond donors (Lipinski definition) is 0. The van der Waals surface area contributed by atoms with E-state index in [4.69, 9.17) is 11.6 Å². The average molecular weight is 219 g/mol. The normalized spacial score (nSPS) is 10.7. The van der Waals surface area contributed by atoms with Crippen molar-refractivity contribution in [2.75, 3.05) is 7.11 Å². The molecular weight excluding hydrogens is 200 g/mol. The van der Waals surface area contributed by atoms with Crippen LogP contribution in [0, 0.1) is 0 Å². The lowest BCUT2D eigenvalue weighted by Gasteiger charge is -1.99. The minimum atomic E-state index is -0.102. The van der Waals surface area contributed by atoms with Gasteiger partial charge in [-0.3, -0.25) is 4.79 Å². The van der Waals surface area contributed by atoms with Gasteiger partial charge in [-0.15, -0.1) is 0 Å². The average Bonchev–Trinajstić information content (AvgIpc) is 2.21. The van der Waals surface area contributed by atoms with E-state index in [9.17, 15) is 4.79 Å². The number of hydrogen-bond acceptors (Lipinski definition) is 2. The Kier molecular flexibility index (Phi) is 10.2. The standard InChI is InChI=1S/C11H19ClO2/c1-14-11(13)9-7-5-3-2-4-6-8-10-12/h8,10H,2-7,9H2,1H3. The molecule has 0 aliphatic heterocycles. The molecule has 0 aromatic heterocycles. The Morgan fingerprint density at radius 2 is 1.86 bits per heavy atom. The van der Waals surface area contributed by atoms with Crippen molar-refractivity contribution in [2.24, 2.45) is 0 Å². The second kappa shape index (κ2) is 10.6. The second-order valence-corrected chi connectivity index (χ2v) is 3.50. The molecular formula is C11H19ClO2. The third-order valence-corrected chi connectivity index (χ3v) is 2.25. The van der Waals surface area contributed by atoms with Gasteiger partial charge in [0.05, 0.1) is 7.11 Å². The Labute approximate surface area is 91.3 Å². The fourth-order valence-corrected chi connectivity index (χ4v) is 1.35. The van der Waals surface area contributed by atoms with Gasteiger partial charge in [0.2, 0.25) is 0 Å². The lowest BCUT2D eigenvalue weighted by atomic mass is 10.1. The number of ether oxygens (including phenoxy) is 1. The van der Waals surface area contributed by atoms with Gasteiger partial charge in [-0.25, -0.2) is 0 Å². The lowest BCUT2D eigenvalue weighted by Crippen LogP contribution is -1.98. The molecule has 0 fully saturated rings. The van der Waals surface area contributed by atoms with Gasteiger partial charge < -0.3 is 4.74 Å². The summed E-state index contributed by atoms with van der Waals surface area (Å²) in [6.45, 7) is 0. The van der Waals surface area contributed by atoms with Crippen LogP contribution < -0.4 is 0 Å². The molecule has 0 aromatic rings. The highest BCUT2D eigenvalue weighted by Gasteiger charge is 1.98. The van der Waals surface area contributed by atoms with Crippen molar-refractivity contribution in [3.63, 3.8) is 0 Å². The largest absolute Gasteiger partial charge is 0.469 e. The smallest absolute Gasteiger partial charge is 0.305 e. The van der Waals surface area contributed by atoms with Crippen molar-refractivity contribution in [1.29, 1.82) is 0 Å². The summed E-state index contributed by atoms with van der Waals surface area (Å²) in [5.74, 6) is -0.102. The van der Waals surface area contributed by atoms with E-state index in [1.807, 2.05) is 6.08 Å². The van der Waals surface area contributed by atoms with E-state index in [1.165, 1.54) is 26.4 Å². The van der Waals surface area contributed by atoms with Crippen LogP contribution in [0.15, 0.2) is 11.6 Å². The van der Waals surface area contributed by atoms with Gasteiger partial charge in [0.1, 0.15) is 0 Å². The first-order chi connectivity index (χ1) is 6.81. The van der Waals surface area contributed by atoms with Crippen LogP contribution in [-0.4, -0.2) is 13.1 Å². The minimum Gasteiger partial charge on any atom is -0.469 e. The molecule has 0 radical (unpaired) electrons. The number of allylic oxidation sites excluding steroid dienone is 1. The topological polar surface area (TPSA) is 26.3 Å². The first-order valence-electron chi connectivity index (χ1n) is 5.13. The van der Waals surface area contributed by atoms with Gasteiger partial charge in [0, 0.05) is 12.0 Å². The molecule has 0 N–H and O–H groups in total. The monoisotopic (exact) mass is 218 g/mol. The number of carbonyl (C=O) groups is 1. The van der Waals surface area contributed by atoms with Crippen LogP contribution in [0.4, 0.5) is 0 Å². The molecule has 0 aromatic carbocycles. The summed E-state index contributed by atoms with van der Waals surface area (Å²) in [5.41, 5.74) is 1.57. The molecule has 82 valence electrons. The summed E-state index contributed by atoms with van der Waals surface area (Å²) >= 11 is 5.38. The van der Waals surface area contributed by atoms with Crippen LogP contribution in [0.3, 0.4) is 0 Å². The molecule has 0 unspecified atom stereocenters. The number of unbranched alkanes of at least 4 members (excludes halogenated alkanes) is 5. The van der Waals surface area contributed by atoms with Crippen LogP contribution in [0.2, 0.25) is 0 Å². The van der Waals surface area contributed by atoms with E-state index in [0.29, 0.717) is 6.42 Å². The molecule has 0 spiro atoms. The van der Waals surface area contributed by atoms with Crippen LogP contribution in [0.1, 0.15) is 44.9 Å². The fraction of sp³-hybridized carbons (Fsp3) is 0.727. The third-order valence-electron chi connectivity index (χ3n) is 2.07. The molecule has 0 bridgehead atoms. The molecule has 0 aliphatic carbocycles. The maximum Gasteiger partial charge on any atom is 0.305 e. The van der Waals surface area contributed by atoms with Crippen molar-refractivity contribution in [3.05, 3.63) is 11.6 Å². The van der Waals surface area contributed by atoms with Crippen molar-refractivity contribution < 1.29 is 9.53 Å². The summed E-state index contributed by atoms with van der Waals surface area (Å²) < 4.78 is 4.55. The molecule has 0 rings (SSSR count). The first-order valence-corrected chi connectivity index (χ1v) is 5.57. The summed E-state index contributed by atoms with van der Waals surface area (Å²) in [4.78, 5) is 10.7. The van der Waals surface area contributed by atoms with E-state index in [2.05, 4.69) is 4.74 Å². The molecule has 0 saturated heterocycles. The fourth-order valence-electron chi connectivity index (χ4n) is 1.23. The zero-order valence-corrected chi connectivity index (χ0v) is 9.55. The van der Waals surface area contributed by atoms with Gasteiger partial charge in [-0.2, -0.15) is 0 Å². The van der Waals surface area contributed by atoms with E-state index in [-0.39, 0.29) is 5.97 Å². The van der Waals surface area contributed by atoms with Gasteiger partial charge in [0.25, 0.3) is 0 Å². The highest BCUT2D eigenvalue weighted by molar-refractivity contribution is 6.25. The lowest BCUT2D eigenvalue weighted by molar-refractivity contribution is -0.140. The van der Waals surface area contributed by atoms with Crippen LogP contribution in [-0.2, 0) is 9.53 Å². The molecule has 2 nitrogen and oxygen atoms in total. The second-order valence-electron chi connectivity index (χ2n) is 3.24. The summed E-state index contributed by atoms with van der Waals surface area (Å²) in [7, 11) is 1.43. The predicted molar refractivity (Wildman–Crippen MR) is 59.3 cm³/mol. The Balaban J connectivity index is 3.02. The Morgan fingerprint density at radius 3 is 2.50 bits per heavy atom. The number of esters is 1. The van der Waals surface area contributed by atoms with Crippen LogP contribution in [0.5, 0.6) is 0 Å². The van der Waals surface area contributed by atoms with Gasteiger partial charge in [0.15, 0.2) is 0 Å². The SMILES string of the molecule is COC(=O)CCCCCCCC=CCl. The predicted octanol–water partition coefficient (Wildman–Crippen LogP) is 3.64. The molecule has 0 amide bonds. The molecule has 0 atom stereocenters. The first kappa shape index (κ1) is 13.5. The van der Waals surface area contributed by atoms with Crippen molar-refractivity contribution >= 4 is 17.6 Å². The number of rotatable bonds is 8. The highest BCUT2D eigenvalue weighted by Crippen LogP contribution is 2.08. The summed E-state index contributed by atoms with van der Waals surface area (Å²) in [5, 5.41) is 0. The molecule has 14 heavy (non-hydrogen) atoms. The summed E-state index contributed by atoms with van der Waals surface area (Å²) in [6, 6.07) is 0. The van der Waals surface area contributed by atoms with Gasteiger partial charge in [-0.05, 0) is 19.3 Å². The van der Waals surface area contributed by atoms with Crippen LogP contribution in [0.25, 0.3) is 0 Å². The van der Waals surface area contributed by atoms with Gasteiger partial charge in [-0.1, -0.05) is 36.9 Å². The highest BCUT2D eigenvalue weighted by atomic mass is 35.5. The summed E-state index contributed by atoms with van der Waals surface area (Å²) in [6.07, 6.45) is 9.21. The Bertz CT molecular complexity index is 167. The van der Waals surface area contributed by atoms with Crippen molar-refractivity contribution in [2.45, 2.75) is 44.9 Å². The minimum absolute atomic E-state index is 0.102. The van der Waals surface area contributed by atoms with Crippen molar-refractivity contribution in [3.8, 4) is 0 Å². The number of carbonyl (C=O) groups excluding carboxylic acids is 1. The van der Waals surface area contributed by atoms with E-state index in [1.54, 1.807) is 5.54 Å². The molecule has 3 heteroatoms. The quantitative estimate of drug-likeness (QED) is 0.459. The maximum atomic E-state index is 10.7. The zero-order valence-electron chi connectivity index (χ0n) is 8.80. The van der Waals surface area contributed by atoms with E-state index >= 15 is 0 Å². The third kappa shape index (κ3) is 9.59. The van der Waals surface area contributed by atoms with Gasteiger partial charge >= 0.3 is 5.97 Å². The maximum absolute atomic E-state index is 10.7. The molecule has 0 aliphatic rings. The van der Waals surface area contributed by atoms with Crippen molar-refractivity contribution in [1.82, 2.24) is 0 Å². The number of methoxy groups -OCH3 is 1. The number of halogens is 1. The van der Waals surface area contributed by atoms with Crippen LogP contribution >= 0.6 is 11.6 Å². The van der Waals surface area contributed by atoms with E-state index < -0.39 is 0 Å². The van der Waals surface area contributed by atoms with E-state index in [0.717, 1.165) is 19.3 Å².